The molecule has 0 unspecified atom stereocenters. The number of hydroxylamine groups is 2. The van der Waals surface area contributed by atoms with Crippen molar-refractivity contribution < 1.29 is 36.7 Å². The van der Waals surface area contributed by atoms with Crippen LogP contribution in [0.15, 0.2) is 4.99 Å². The van der Waals surface area contributed by atoms with Crippen LogP contribution in [0.2, 0.25) is 0 Å². The van der Waals surface area contributed by atoms with Gasteiger partial charge < -0.3 is 20.6 Å². The molecule has 3 aliphatic heterocycles. The molecule has 0 aromatic carbocycles. The van der Waals surface area contributed by atoms with Gasteiger partial charge in [0.2, 0.25) is 0 Å². The maximum absolute atomic E-state index is 12.3. The average molecular weight is 405 g/mol. The van der Waals surface area contributed by atoms with E-state index in [0.29, 0.717) is 24.3 Å². The second-order valence-corrected chi connectivity index (χ2v) is 7.60. The van der Waals surface area contributed by atoms with E-state index >= 15 is 0 Å². The van der Waals surface area contributed by atoms with E-state index in [0.717, 1.165) is 4.90 Å². The number of likely N-dealkylation sites (tertiary alicyclic amines) is 1. The maximum Gasteiger partial charge on any atom is 0.418 e. The van der Waals surface area contributed by atoms with Crippen molar-refractivity contribution in [2.45, 2.75) is 31.3 Å². The Morgan fingerprint density at radius 1 is 1.22 bits per heavy atom. The minimum absolute atomic E-state index is 0.0380. The molecular formula is C13H19N5O8S. The van der Waals surface area contributed by atoms with E-state index in [1.54, 1.807) is 0 Å². The molecule has 0 aromatic rings. The van der Waals surface area contributed by atoms with Crippen molar-refractivity contribution >= 4 is 34.3 Å². The summed E-state index contributed by atoms with van der Waals surface area (Å²) in [6.45, 7) is 0.384. The summed E-state index contributed by atoms with van der Waals surface area (Å²) in [6.07, 6.45) is -0.103. The highest BCUT2D eigenvalue weighted by Gasteiger charge is 2.48. The van der Waals surface area contributed by atoms with Gasteiger partial charge in [0.1, 0.15) is 5.84 Å². The third-order valence-electron chi connectivity index (χ3n) is 4.89. The fraction of sp³-hybridized carbons (Fsp3) is 0.692. The minimum Gasteiger partial charge on any atom is -0.465 e. The molecular weight excluding hydrogens is 386 g/mol. The third-order valence-corrected chi connectivity index (χ3v) is 5.24. The minimum atomic E-state index is -4.85. The highest BCUT2D eigenvalue weighted by Crippen LogP contribution is 2.31. The highest BCUT2D eigenvalue weighted by molar-refractivity contribution is 7.80. The maximum atomic E-state index is 12.3. The Morgan fingerprint density at radius 2 is 1.93 bits per heavy atom. The van der Waals surface area contributed by atoms with E-state index in [2.05, 4.69) is 9.28 Å². The molecule has 3 heterocycles. The van der Waals surface area contributed by atoms with Gasteiger partial charge in [-0.3, -0.25) is 9.35 Å². The summed E-state index contributed by atoms with van der Waals surface area (Å²) in [4.78, 5) is 41.7. The predicted octanol–water partition coefficient (Wildman–Crippen LogP) is -1.13. The topological polar surface area (TPSA) is 183 Å². The van der Waals surface area contributed by atoms with Crippen LogP contribution in [0.1, 0.15) is 19.3 Å². The summed E-state index contributed by atoms with van der Waals surface area (Å²) in [5, 5.41) is 9.51. The molecule has 14 heteroatoms. The van der Waals surface area contributed by atoms with E-state index in [9.17, 15) is 22.8 Å². The summed E-state index contributed by atoms with van der Waals surface area (Å²) in [7, 11) is -4.85. The molecule has 3 saturated heterocycles. The number of carboxylic acid groups (broad SMARTS) is 1. The molecule has 0 aliphatic carbocycles. The number of piperidine rings is 1. The number of nitrogens with two attached hydrogens (primary N) is 1. The highest BCUT2D eigenvalue weighted by atomic mass is 32.3. The molecule has 0 aromatic heterocycles. The number of hydrogen-bond donors (Lipinski definition) is 3. The molecule has 150 valence electrons. The third kappa shape index (κ3) is 3.96. The van der Waals surface area contributed by atoms with Gasteiger partial charge in [-0.05, 0) is 19.3 Å². The van der Waals surface area contributed by atoms with Crippen LogP contribution in [0, 0.1) is 5.92 Å². The quantitative estimate of drug-likeness (QED) is 0.296. The number of fused-ring (bicyclic) bond motifs is 2. The molecule has 4 N–H and O–H groups in total. The van der Waals surface area contributed by atoms with Crippen LogP contribution in [-0.4, -0.2) is 88.5 Å². The fourth-order valence-corrected chi connectivity index (χ4v) is 3.96. The largest absolute Gasteiger partial charge is 0.465 e. The van der Waals surface area contributed by atoms with Crippen LogP contribution >= 0.6 is 0 Å². The first-order valence-electron chi connectivity index (χ1n) is 8.19. The van der Waals surface area contributed by atoms with Crippen molar-refractivity contribution in [1.29, 1.82) is 0 Å². The first-order chi connectivity index (χ1) is 12.6. The monoisotopic (exact) mass is 405 g/mol. The van der Waals surface area contributed by atoms with Gasteiger partial charge >= 0.3 is 22.5 Å². The molecule has 4 amide bonds. The second kappa shape index (κ2) is 6.94. The van der Waals surface area contributed by atoms with Crippen LogP contribution in [-0.2, 0) is 19.5 Å². The summed E-state index contributed by atoms with van der Waals surface area (Å²) in [5.41, 5.74) is 5.91. The van der Waals surface area contributed by atoms with E-state index in [4.69, 9.17) is 15.4 Å². The predicted molar refractivity (Wildman–Crippen MR) is 87.7 cm³/mol. The summed E-state index contributed by atoms with van der Waals surface area (Å²) in [6, 6.07) is -2.09. The van der Waals surface area contributed by atoms with Crippen molar-refractivity contribution in [3.8, 4) is 0 Å². The number of amidine groups is 1. The van der Waals surface area contributed by atoms with Crippen molar-refractivity contribution in [3.05, 3.63) is 0 Å². The van der Waals surface area contributed by atoms with E-state index in [1.165, 1.54) is 4.90 Å². The standard InChI is InChI=1S/C13H19N5O8S/c14-10(15-11(19)7-3-4-16(5-7)13(21)22)9-2-1-8-6-17(9)12(20)18(8)26-27(23,24)25/h7-9H,1-6H2,(H,21,22)(H2,14,15,19)(H,23,24,25)/t7-,8-,9+/m1/s1. The van der Waals surface area contributed by atoms with Gasteiger partial charge in [0.25, 0.3) is 5.91 Å². The number of carbonyl (C=O) groups excluding carboxylic acids is 2. The Kier molecular flexibility index (Phi) is 4.96. The number of amides is 4. The molecule has 13 nitrogen and oxygen atoms in total. The van der Waals surface area contributed by atoms with Gasteiger partial charge in [0, 0.05) is 19.6 Å². The number of hydrogen-bond acceptors (Lipinski definition) is 6. The van der Waals surface area contributed by atoms with Gasteiger partial charge in [-0.1, -0.05) is 0 Å². The summed E-state index contributed by atoms with van der Waals surface area (Å²) < 4.78 is 34.9. The van der Waals surface area contributed by atoms with Crippen molar-refractivity contribution in [2.24, 2.45) is 16.6 Å². The van der Waals surface area contributed by atoms with Gasteiger partial charge in [-0.25, -0.2) is 9.59 Å². The van der Waals surface area contributed by atoms with Gasteiger partial charge in [-0.15, -0.1) is 4.28 Å². The smallest absolute Gasteiger partial charge is 0.418 e. The normalized spacial score (nSPS) is 28.8. The molecule has 3 aliphatic rings. The van der Waals surface area contributed by atoms with Crippen LogP contribution < -0.4 is 5.73 Å². The second-order valence-electron chi connectivity index (χ2n) is 6.60. The lowest BCUT2D eigenvalue weighted by molar-refractivity contribution is -0.121. The van der Waals surface area contributed by atoms with E-state index < -0.39 is 46.4 Å². The lowest BCUT2D eigenvalue weighted by atomic mass is 10.00. The number of nitrogens with zero attached hydrogens (tertiary/aromatic N) is 4. The zero-order valence-electron chi connectivity index (χ0n) is 14.1. The van der Waals surface area contributed by atoms with Crippen LogP contribution in [0.5, 0.6) is 0 Å². The van der Waals surface area contributed by atoms with Gasteiger partial charge in [0.15, 0.2) is 0 Å². The molecule has 3 rings (SSSR count). The molecule has 27 heavy (non-hydrogen) atoms. The molecule has 0 spiro atoms. The Labute approximate surface area is 154 Å². The Hall–Kier alpha value is -2.45. The Morgan fingerprint density at radius 3 is 2.52 bits per heavy atom. The molecule has 0 radical (unpaired) electrons. The number of aliphatic imine (C=N–C) groups is 1. The average Bonchev–Trinajstić information content (AvgIpc) is 3.15. The SMILES string of the molecule is NC(=NC(=O)[C@@H]1CCN(C(=O)O)C1)[C@@H]1CC[C@@H]2CN1C(=O)N2OS(=O)(=O)O. The number of urea groups is 1. The summed E-state index contributed by atoms with van der Waals surface area (Å²) in [5.74, 6) is -1.25. The lowest BCUT2D eigenvalue weighted by Gasteiger charge is -2.29. The Balaban J connectivity index is 1.68. The first-order valence-corrected chi connectivity index (χ1v) is 9.56. The zero-order chi connectivity index (χ0) is 19.9. The summed E-state index contributed by atoms with van der Waals surface area (Å²) >= 11 is 0. The van der Waals surface area contributed by atoms with Crippen molar-refractivity contribution in [2.75, 3.05) is 19.6 Å². The van der Waals surface area contributed by atoms with E-state index in [-0.39, 0.29) is 25.5 Å². The first kappa shape index (κ1) is 19.3. The molecule has 3 atom stereocenters. The number of rotatable bonds is 4. The molecule has 0 saturated carbocycles. The Bertz CT molecular complexity index is 799. The van der Waals surface area contributed by atoms with Crippen LogP contribution in [0.4, 0.5) is 9.59 Å². The number of carbonyl (C=O) groups is 3. The van der Waals surface area contributed by atoms with Crippen LogP contribution in [0.25, 0.3) is 0 Å². The van der Waals surface area contributed by atoms with Gasteiger partial charge in [0.05, 0.1) is 18.0 Å². The van der Waals surface area contributed by atoms with Crippen LogP contribution in [0.3, 0.4) is 0 Å². The fourth-order valence-electron chi connectivity index (χ4n) is 3.57. The molecule has 3 fully saturated rings. The molecule has 2 bridgehead atoms. The van der Waals surface area contributed by atoms with Gasteiger partial charge in [-0.2, -0.15) is 18.5 Å². The van der Waals surface area contributed by atoms with Crippen molar-refractivity contribution in [1.82, 2.24) is 14.9 Å². The van der Waals surface area contributed by atoms with E-state index in [1.807, 2.05) is 0 Å². The lowest BCUT2D eigenvalue weighted by Crippen LogP contribution is -2.48. The van der Waals surface area contributed by atoms with Crippen molar-refractivity contribution in [3.63, 3.8) is 0 Å². The zero-order valence-corrected chi connectivity index (χ0v) is 14.9.